The van der Waals surface area contributed by atoms with Crippen LogP contribution in [0.4, 0.5) is 0 Å². The zero-order valence-corrected chi connectivity index (χ0v) is 13.9. The van der Waals surface area contributed by atoms with E-state index >= 15 is 0 Å². The maximum atomic E-state index is 6.33. The Kier molecular flexibility index (Phi) is 5.57. The maximum absolute atomic E-state index is 6.33. The predicted molar refractivity (Wildman–Crippen MR) is 85.0 cm³/mol. The van der Waals surface area contributed by atoms with Crippen LogP contribution >= 0.6 is 27.5 Å². The molecule has 108 valence electrons. The van der Waals surface area contributed by atoms with Gasteiger partial charge in [0.2, 0.25) is 0 Å². The summed E-state index contributed by atoms with van der Waals surface area (Å²) in [5.74, 6) is 0. The van der Waals surface area contributed by atoms with Crippen molar-refractivity contribution >= 4 is 27.5 Å². The fraction of sp³-hybridized carbons (Fsp3) is 0.429. The van der Waals surface area contributed by atoms with Crippen LogP contribution in [0.2, 0.25) is 5.02 Å². The van der Waals surface area contributed by atoms with Gasteiger partial charge in [-0.3, -0.25) is 9.67 Å². The molecule has 1 N–H and O–H groups in total. The van der Waals surface area contributed by atoms with Gasteiger partial charge in [-0.25, -0.2) is 0 Å². The van der Waals surface area contributed by atoms with Crippen LogP contribution in [0.3, 0.4) is 0 Å². The first-order valence-electron chi connectivity index (χ1n) is 6.74. The zero-order chi connectivity index (χ0) is 14.5. The third-order valence-electron chi connectivity index (χ3n) is 3.07. The summed E-state index contributed by atoms with van der Waals surface area (Å²) in [7, 11) is 0. The average Bonchev–Trinajstić information content (AvgIpc) is 2.82. The second-order valence-electron chi connectivity index (χ2n) is 4.45. The topological polar surface area (TPSA) is 42.7 Å². The Morgan fingerprint density at radius 2 is 2.25 bits per heavy atom. The van der Waals surface area contributed by atoms with Gasteiger partial charge in [-0.05, 0) is 48.0 Å². The number of nitrogens with one attached hydrogen (secondary N) is 1. The summed E-state index contributed by atoms with van der Waals surface area (Å²) < 4.78 is 2.88. The van der Waals surface area contributed by atoms with Gasteiger partial charge >= 0.3 is 0 Å². The van der Waals surface area contributed by atoms with Crippen molar-refractivity contribution in [3.05, 3.63) is 45.4 Å². The van der Waals surface area contributed by atoms with Crippen LogP contribution in [0.5, 0.6) is 0 Å². The summed E-state index contributed by atoms with van der Waals surface area (Å²) in [5, 5.41) is 8.49. The van der Waals surface area contributed by atoms with E-state index < -0.39 is 0 Å². The molecule has 0 aliphatic rings. The van der Waals surface area contributed by atoms with Gasteiger partial charge in [0.1, 0.15) is 0 Å². The van der Waals surface area contributed by atoms with Crippen molar-refractivity contribution in [2.24, 2.45) is 0 Å². The summed E-state index contributed by atoms with van der Waals surface area (Å²) in [5.41, 5.74) is 1.89. The van der Waals surface area contributed by atoms with Gasteiger partial charge in [-0.2, -0.15) is 5.10 Å². The molecule has 0 fully saturated rings. The molecule has 0 aliphatic carbocycles. The molecule has 2 aromatic heterocycles. The molecule has 6 heteroatoms. The van der Waals surface area contributed by atoms with Crippen molar-refractivity contribution in [3.63, 3.8) is 0 Å². The Balaban J connectivity index is 2.47. The Bertz CT molecular complexity index is 570. The third-order valence-corrected chi connectivity index (χ3v) is 4.03. The van der Waals surface area contributed by atoms with Crippen LogP contribution in [0, 0.1) is 0 Å². The van der Waals surface area contributed by atoms with Gasteiger partial charge < -0.3 is 5.32 Å². The Hall–Kier alpha value is -0.910. The highest BCUT2D eigenvalue weighted by molar-refractivity contribution is 9.10. The molecule has 0 bridgehead atoms. The van der Waals surface area contributed by atoms with Gasteiger partial charge in [0, 0.05) is 17.2 Å². The van der Waals surface area contributed by atoms with Crippen LogP contribution < -0.4 is 5.32 Å². The molecular weight excluding hydrogens is 340 g/mol. The molecule has 0 amide bonds. The van der Waals surface area contributed by atoms with E-state index in [9.17, 15) is 0 Å². The van der Waals surface area contributed by atoms with Crippen LogP contribution in [-0.4, -0.2) is 21.3 Å². The van der Waals surface area contributed by atoms with E-state index in [2.05, 4.69) is 45.2 Å². The van der Waals surface area contributed by atoms with E-state index in [1.165, 1.54) is 0 Å². The Morgan fingerprint density at radius 3 is 2.90 bits per heavy atom. The molecule has 0 saturated heterocycles. The van der Waals surface area contributed by atoms with Crippen molar-refractivity contribution in [2.45, 2.75) is 32.9 Å². The summed E-state index contributed by atoms with van der Waals surface area (Å²) in [6, 6.07) is 3.83. The van der Waals surface area contributed by atoms with Gasteiger partial charge in [-0.1, -0.05) is 18.5 Å². The van der Waals surface area contributed by atoms with Crippen LogP contribution in [0.1, 0.15) is 37.7 Å². The number of pyridine rings is 1. The minimum atomic E-state index is -0.0690. The second kappa shape index (κ2) is 7.20. The molecule has 2 rings (SSSR count). The van der Waals surface area contributed by atoms with Gasteiger partial charge in [0.15, 0.2) is 0 Å². The molecule has 0 saturated carbocycles. The standard InChI is InChI=1S/C14H18BrClN4/c1-3-7-17-13(12-10(15)6-5-8-18-12)14-11(16)9-19-20(14)4-2/h5-6,8-9,13,17H,3-4,7H2,1-2H3. The summed E-state index contributed by atoms with van der Waals surface area (Å²) in [6.45, 7) is 5.85. The van der Waals surface area contributed by atoms with Crippen molar-refractivity contribution in [2.75, 3.05) is 6.54 Å². The highest BCUT2D eigenvalue weighted by atomic mass is 79.9. The normalized spacial score (nSPS) is 12.6. The number of nitrogens with zero attached hydrogens (tertiary/aromatic N) is 3. The number of aromatic nitrogens is 3. The molecule has 0 aliphatic heterocycles. The average molecular weight is 358 g/mol. The molecule has 4 nitrogen and oxygen atoms in total. The lowest BCUT2D eigenvalue weighted by Gasteiger charge is -2.20. The lowest BCUT2D eigenvalue weighted by atomic mass is 10.1. The first kappa shape index (κ1) is 15.5. The summed E-state index contributed by atoms with van der Waals surface area (Å²) >= 11 is 9.90. The monoisotopic (exact) mass is 356 g/mol. The van der Waals surface area contributed by atoms with Crippen molar-refractivity contribution in [1.29, 1.82) is 0 Å². The molecule has 1 atom stereocenters. The summed E-state index contributed by atoms with van der Waals surface area (Å²) in [6.07, 6.45) is 4.53. The first-order chi connectivity index (χ1) is 9.69. The van der Waals surface area contributed by atoms with Gasteiger partial charge in [0.05, 0.1) is 28.6 Å². The number of rotatable bonds is 6. The third kappa shape index (κ3) is 3.22. The summed E-state index contributed by atoms with van der Waals surface area (Å²) in [4.78, 5) is 4.49. The van der Waals surface area contributed by atoms with Crippen LogP contribution in [0.25, 0.3) is 0 Å². The Labute approximate surface area is 132 Å². The minimum Gasteiger partial charge on any atom is -0.304 e. The minimum absolute atomic E-state index is 0.0690. The van der Waals surface area contributed by atoms with E-state index in [0.29, 0.717) is 5.02 Å². The quantitative estimate of drug-likeness (QED) is 0.855. The molecule has 1 unspecified atom stereocenters. The number of halogens is 2. The lowest BCUT2D eigenvalue weighted by Crippen LogP contribution is -2.27. The molecular formula is C14H18BrClN4. The van der Waals surface area contributed by atoms with E-state index in [1.807, 2.05) is 16.8 Å². The highest BCUT2D eigenvalue weighted by Crippen LogP contribution is 2.31. The molecule has 0 spiro atoms. The second-order valence-corrected chi connectivity index (χ2v) is 5.71. The van der Waals surface area contributed by atoms with E-state index in [0.717, 1.165) is 35.4 Å². The number of hydrogen-bond donors (Lipinski definition) is 1. The highest BCUT2D eigenvalue weighted by Gasteiger charge is 2.24. The smallest absolute Gasteiger partial charge is 0.0948 e. The molecule has 0 radical (unpaired) electrons. The Morgan fingerprint density at radius 1 is 1.45 bits per heavy atom. The maximum Gasteiger partial charge on any atom is 0.0948 e. The van der Waals surface area contributed by atoms with Gasteiger partial charge in [-0.15, -0.1) is 0 Å². The van der Waals surface area contributed by atoms with Crippen LogP contribution in [0.15, 0.2) is 29.0 Å². The van der Waals surface area contributed by atoms with Gasteiger partial charge in [0.25, 0.3) is 0 Å². The van der Waals surface area contributed by atoms with Crippen LogP contribution in [-0.2, 0) is 6.54 Å². The molecule has 2 heterocycles. The fourth-order valence-corrected chi connectivity index (χ4v) is 2.87. The molecule has 0 aromatic carbocycles. The SMILES string of the molecule is CCCNC(c1ncccc1Br)c1c(Cl)cnn1CC. The largest absolute Gasteiger partial charge is 0.304 e. The van der Waals surface area contributed by atoms with Crippen molar-refractivity contribution in [3.8, 4) is 0 Å². The van der Waals surface area contributed by atoms with Crippen molar-refractivity contribution in [1.82, 2.24) is 20.1 Å². The number of aryl methyl sites for hydroxylation is 1. The zero-order valence-electron chi connectivity index (χ0n) is 11.6. The first-order valence-corrected chi connectivity index (χ1v) is 7.91. The predicted octanol–water partition coefficient (Wildman–Crippen LogP) is 3.80. The number of hydrogen-bond acceptors (Lipinski definition) is 3. The van der Waals surface area contributed by atoms with E-state index in [1.54, 1.807) is 12.4 Å². The van der Waals surface area contributed by atoms with Crippen molar-refractivity contribution < 1.29 is 0 Å². The molecule has 20 heavy (non-hydrogen) atoms. The molecule has 2 aromatic rings. The lowest BCUT2D eigenvalue weighted by molar-refractivity contribution is 0.521. The fourth-order valence-electron chi connectivity index (χ4n) is 2.13. The van der Waals surface area contributed by atoms with E-state index in [-0.39, 0.29) is 6.04 Å². The van der Waals surface area contributed by atoms with E-state index in [4.69, 9.17) is 11.6 Å².